The zero-order chi connectivity index (χ0) is 19.3. The van der Waals surface area contributed by atoms with E-state index in [1.807, 2.05) is 30.3 Å². The molecule has 0 amide bonds. The maximum Gasteiger partial charge on any atom is 0.267 e. The molecule has 0 spiro atoms. The van der Waals surface area contributed by atoms with Gasteiger partial charge >= 0.3 is 0 Å². The zero-order valence-electron chi connectivity index (χ0n) is 14.9. The molecule has 0 N–H and O–H groups in total. The Balaban J connectivity index is 1.67. The second kappa shape index (κ2) is 7.64. The molecule has 0 aliphatic rings. The van der Waals surface area contributed by atoms with E-state index in [2.05, 4.69) is 21.1 Å². The fraction of sp³-hybridized carbons (Fsp3) is 0.0455. The van der Waals surface area contributed by atoms with Gasteiger partial charge in [-0.05, 0) is 35.9 Å². The molecule has 4 rings (SSSR count). The van der Waals surface area contributed by atoms with Crippen molar-refractivity contribution in [1.29, 1.82) is 5.26 Å². The molecule has 2 aromatic heterocycles. The first-order valence-electron chi connectivity index (χ1n) is 8.68. The predicted octanol–water partition coefficient (Wildman–Crippen LogP) is 3.29. The molecule has 134 valence electrons. The number of hydrogen-bond acceptors (Lipinski definition) is 5. The first-order valence-corrected chi connectivity index (χ1v) is 8.68. The quantitative estimate of drug-likeness (QED) is 0.554. The third kappa shape index (κ3) is 3.69. The van der Waals surface area contributed by atoms with Gasteiger partial charge in [-0.3, -0.25) is 4.79 Å². The molecule has 6 nitrogen and oxygen atoms in total. The van der Waals surface area contributed by atoms with E-state index in [4.69, 9.17) is 5.26 Å². The van der Waals surface area contributed by atoms with Gasteiger partial charge in [-0.2, -0.15) is 10.4 Å². The van der Waals surface area contributed by atoms with E-state index >= 15 is 0 Å². The molecule has 2 heterocycles. The van der Waals surface area contributed by atoms with E-state index in [0.29, 0.717) is 23.6 Å². The van der Waals surface area contributed by atoms with E-state index in [-0.39, 0.29) is 5.56 Å². The van der Waals surface area contributed by atoms with Gasteiger partial charge in [0.15, 0.2) is 5.82 Å². The van der Waals surface area contributed by atoms with E-state index in [1.54, 1.807) is 42.7 Å². The molecule has 6 heteroatoms. The normalized spacial score (nSPS) is 10.4. The third-order valence-corrected chi connectivity index (χ3v) is 4.24. The van der Waals surface area contributed by atoms with Crippen molar-refractivity contribution in [3.63, 3.8) is 0 Å². The maximum atomic E-state index is 12.3. The second-order valence-electron chi connectivity index (χ2n) is 6.18. The number of hydrogen-bond donors (Lipinski definition) is 0. The Morgan fingerprint density at radius 3 is 2.50 bits per heavy atom. The minimum atomic E-state index is -0.193. The molecule has 28 heavy (non-hydrogen) atoms. The van der Waals surface area contributed by atoms with Crippen LogP contribution in [0.5, 0.6) is 0 Å². The summed E-state index contributed by atoms with van der Waals surface area (Å²) in [7, 11) is 0. The van der Waals surface area contributed by atoms with Crippen molar-refractivity contribution in [3.05, 3.63) is 101 Å². The number of nitrogens with zero attached hydrogens (tertiary/aromatic N) is 5. The lowest BCUT2D eigenvalue weighted by molar-refractivity contribution is 0.643. The van der Waals surface area contributed by atoms with E-state index in [0.717, 1.165) is 16.7 Å². The zero-order valence-corrected chi connectivity index (χ0v) is 14.9. The highest BCUT2D eigenvalue weighted by molar-refractivity contribution is 5.60. The Hall–Kier alpha value is -4.11. The Morgan fingerprint density at radius 1 is 0.893 bits per heavy atom. The summed E-state index contributed by atoms with van der Waals surface area (Å²) in [5, 5.41) is 13.6. The molecule has 0 aliphatic heterocycles. The van der Waals surface area contributed by atoms with Crippen LogP contribution in [0.2, 0.25) is 0 Å². The summed E-state index contributed by atoms with van der Waals surface area (Å²) in [6.07, 6.45) is 3.39. The van der Waals surface area contributed by atoms with E-state index < -0.39 is 0 Å². The molecule has 0 atom stereocenters. The molecule has 0 unspecified atom stereocenters. The minimum Gasteiger partial charge on any atom is -0.268 e. The van der Waals surface area contributed by atoms with Crippen LogP contribution in [0.1, 0.15) is 11.1 Å². The molecular weight excluding hydrogens is 350 g/mol. The second-order valence-corrected chi connectivity index (χ2v) is 6.18. The summed E-state index contributed by atoms with van der Waals surface area (Å²) in [6, 6.07) is 21.9. The molecule has 4 aromatic rings. The molecule has 0 aliphatic carbocycles. The van der Waals surface area contributed by atoms with Crippen LogP contribution in [-0.2, 0) is 6.54 Å². The van der Waals surface area contributed by atoms with Gasteiger partial charge in [-0.15, -0.1) is 0 Å². The van der Waals surface area contributed by atoms with Gasteiger partial charge in [-0.25, -0.2) is 14.6 Å². The minimum absolute atomic E-state index is 0.193. The van der Waals surface area contributed by atoms with Crippen molar-refractivity contribution in [3.8, 4) is 28.7 Å². The topological polar surface area (TPSA) is 84.5 Å². The Kier molecular flexibility index (Phi) is 4.72. The fourth-order valence-corrected chi connectivity index (χ4v) is 2.89. The number of rotatable bonds is 4. The van der Waals surface area contributed by atoms with Gasteiger partial charge in [-0.1, -0.05) is 30.3 Å². The van der Waals surface area contributed by atoms with E-state index in [1.165, 1.54) is 10.7 Å². The first kappa shape index (κ1) is 17.3. The highest BCUT2D eigenvalue weighted by Gasteiger charge is 2.07. The monoisotopic (exact) mass is 365 g/mol. The summed E-state index contributed by atoms with van der Waals surface area (Å²) in [4.78, 5) is 20.8. The van der Waals surface area contributed by atoms with Gasteiger partial charge in [0, 0.05) is 29.6 Å². The Morgan fingerprint density at radius 2 is 1.68 bits per heavy atom. The van der Waals surface area contributed by atoms with Crippen molar-refractivity contribution in [1.82, 2.24) is 19.7 Å². The van der Waals surface area contributed by atoms with Crippen LogP contribution in [0.25, 0.3) is 22.6 Å². The third-order valence-electron chi connectivity index (χ3n) is 4.24. The van der Waals surface area contributed by atoms with Gasteiger partial charge in [0.1, 0.15) is 0 Å². The number of nitriles is 1. The Labute approximate surface area is 161 Å². The van der Waals surface area contributed by atoms with E-state index in [9.17, 15) is 4.79 Å². The molecule has 2 aromatic carbocycles. The average molecular weight is 365 g/mol. The molecule has 0 saturated carbocycles. The highest BCUT2D eigenvalue weighted by atomic mass is 16.1. The molecule has 0 saturated heterocycles. The van der Waals surface area contributed by atoms with Crippen molar-refractivity contribution < 1.29 is 0 Å². The van der Waals surface area contributed by atoms with Crippen molar-refractivity contribution in [2.24, 2.45) is 0 Å². The predicted molar refractivity (Wildman–Crippen MR) is 105 cm³/mol. The van der Waals surface area contributed by atoms with Crippen LogP contribution in [-0.4, -0.2) is 19.7 Å². The smallest absolute Gasteiger partial charge is 0.267 e. The lowest BCUT2D eigenvalue weighted by Crippen LogP contribution is -2.22. The van der Waals surface area contributed by atoms with Crippen LogP contribution in [0.3, 0.4) is 0 Å². The summed E-state index contributed by atoms with van der Waals surface area (Å²) in [5.74, 6) is 0.631. The van der Waals surface area contributed by atoms with Gasteiger partial charge < -0.3 is 0 Å². The van der Waals surface area contributed by atoms with Crippen molar-refractivity contribution >= 4 is 0 Å². The summed E-state index contributed by atoms with van der Waals surface area (Å²) >= 11 is 0. The average Bonchev–Trinajstić information content (AvgIpc) is 2.76. The molecule has 0 radical (unpaired) electrons. The van der Waals surface area contributed by atoms with Gasteiger partial charge in [0.25, 0.3) is 5.56 Å². The number of aromatic nitrogens is 4. The highest BCUT2D eigenvalue weighted by Crippen LogP contribution is 2.18. The largest absolute Gasteiger partial charge is 0.268 e. The fourth-order valence-electron chi connectivity index (χ4n) is 2.89. The Bertz CT molecular complexity index is 1230. The summed E-state index contributed by atoms with van der Waals surface area (Å²) in [6.45, 7) is 0.325. The van der Waals surface area contributed by atoms with Gasteiger partial charge in [0.2, 0.25) is 0 Å². The van der Waals surface area contributed by atoms with Crippen LogP contribution in [0, 0.1) is 11.3 Å². The van der Waals surface area contributed by atoms with Crippen LogP contribution >= 0.6 is 0 Å². The van der Waals surface area contributed by atoms with Crippen molar-refractivity contribution in [2.75, 3.05) is 0 Å². The SMILES string of the molecule is N#Cc1cccc(-c2ccc(=O)n(Cc3cccc(-c4ncccn4)c3)n2)c1. The standard InChI is InChI=1S/C22H15N5O/c23-14-16-4-1-6-18(12-16)20-8-9-21(28)27(26-20)15-17-5-2-7-19(13-17)22-24-10-3-11-25-22/h1-13H,15H2. The molecule has 0 bridgehead atoms. The van der Waals surface area contributed by atoms with Crippen LogP contribution in [0.15, 0.2) is 83.9 Å². The van der Waals surface area contributed by atoms with Crippen LogP contribution in [0.4, 0.5) is 0 Å². The van der Waals surface area contributed by atoms with Crippen molar-refractivity contribution in [2.45, 2.75) is 6.54 Å². The summed E-state index contributed by atoms with van der Waals surface area (Å²) in [5.41, 5.74) is 3.58. The first-order chi connectivity index (χ1) is 13.7. The molecule has 0 fully saturated rings. The lowest BCUT2D eigenvalue weighted by atomic mass is 10.1. The number of benzene rings is 2. The molecular formula is C22H15N5O. The lowest BCUT2D eigenvalue weighted by Gasteiger charge is -2.09. The van der Waals surface area contributed by atoms with Crippen LogP contribution < -0.4 is 5.56 Å². The maximum absolute atomic E-state index is 12.3. The van der Waals surface area contributed by atoms with Gasteiger partial charge in [0.05, 0.1) is 23.9 Å². The summed E-state index contributed by atoms with van der Waals surface area (Å²) < 4.78 is 1.42.